The molecule has 2 aromatic rings. The van der Waals surface area contributed by atoms with Crippen LogP contribution in [-0.2, 0) is 20.9 Å². The number of hydrogen-bond acceptors (Lipinski definition) is 5. The summed E-state index contributed by atoms with van der Waals surface area (Å²) in [5.41, 5.74) is 4.10. The summed E-state index contributed by atoms with van der Waals surface area (Å²) < 4.78 is 13.0. The summed E-state index contributed by atoms with van der Waals surface area (Å²) in [7, 11) is 0. The van der Waals surface area contributed by atoms with E-state index in [0.717, 1.165) is 5.56 Å². The summed E-state index contributed by atoms with van der Waals surface area (Å²) in [4.78, 5) is 43.3. The summed E-state index contributed by atoms with van der Waals surface area (Å²) in [5.74, 6) is -1.50. The molecule has 1 heterocycles. The van der Waals surface area contributed by atoms with Gasteiger partial charge in [-0.3, -0.25) is 19.8 Å². The highest BCUT2D eigenvalue weighted by molar-refractivity contribution is 6.39. The first-order chi connectivity index (χ1) is 14.9. The Kier molecular flexibility index (Phi) is 6.96. The first kappa shape index (κ1) is 21.9. The van der Waals surface area contributed by atoms with Crippen molar-refractivity contribution in [1.82, 2.24) is 15.6 Å². The van der Waals surface area contributed by atoms with Crippen molar-refractivity contribution in [1.29, 1.82) is 0 Å². The number of para-hydroxylation sites is 1. The van der Waals surface area contributed by atoms with Crippen molar-refractivity contribution in [2.75, 3.05) is 18.1 Å². The molecular weight excluding hydrogens is 401 g/mol. The molecule has 1 atom stereocenters. The first-order valence-corrected chi connectivity index (χ1v) is 9.93. The molecule has 162 valence electrons. The van der Waals surface area contributed by atoms with Crippen LogP contribution in [0.2, 0.25) is 0 Å². The van der Waals surface area contributed by atoms with Crippen LogP contribution >= 0.6 is 0 Å². The van der Waals surface area contributed by atoms with Gasteiger partial charge in [0.25, 0.3) is 11.8 Å². The molecular formula is C22H24FN5O3. The van der Waals surface area contributed by atoms with Gasteiger partial charge in [-0.25, -0.2) is 14.4 Å². The Bertz CT molecular complexity index is 978. The van der Waals surface area contributed by atoms with Crippen molar-refractivity contribution in [3.05, 3.63) is 66.0 Å². The molecule has 1 aliphatic rings. The molecule has 0 bridgehead atoms. The molecule has 3 rings (SSSR count). The van der Waals surface area contributed by atoms with Crippen molar-refractivity contribution < 1.29 is 18.8 Å². The summed E-state index contributed by atoms with van der Waals surface area (Å²) >= 11 is 0. The highest BCUT2D eigenvalue weighted by Gasteiger charge is 2.32. The number of hydrazine groups is 1. The van der Waals surface area contributed by atoms with Crippen LogP contribution < -0.4 is 15.8 Å². The highest BCUT2D eigenvalue weighted by Crippen LogP contribution is 2.16. The zero-order valence-corrected chi connectivity index (χ0v) is 17.3. The second-order valence-corrected chi connectivity index (χ2v) is 7.00. The molecule has 0 saturated heterocycles. The monoisotopic (exact) mass is 425 g/mol. The Morgan fingerprint density at radius 2 is 1.84 bits per heavy atom. The smallest absolute Gasteiger partial charge is 0.291 e. The molecule has 9 heteroatoms. The van der Waals surface area contributed by atoms with E-state index in [1.54, 1.807) is 50.2 Å². The largest absolute Gasteiger partial charge is 0.350 e. The summed E-state index contributed by atoms with van der Waals surface area (Å²) in [6, 6.07) is 13.9. The minimum absolute atomic E-state index is 0.0101. The maximum absolute atomic E-state index is 13.0. The second-order valence-electron chi connectivity index (χ2n) is 7.00. The maximum atomic E-state index is 13.0. The number of amides is 3. The Morgan fingerprint density at radius 1 is 1.16 bits per heavy atom. The number of carbonyl (C=O) groups excluding carboxylic acids is 3. The average Bonchev–Trinajstić information content (AvgIpc) is 2.79. The molecule has 0 saturated carbocycles. The number of benzene rings is 2. The van der Waals surface area contributed by atoms with E-state index in [1.807, 2.05) is 6.07 Å². The van der Waals surface area contributed by atoms with Gasteiger partial charge in [-0.15, -0.1) is 0 Å². The minimum atomic E-state index is -0.744. The van der Waals surface area contributed by atoms with E-state index < -0.39 is 11.9 Å². The van der Waals surface area contributed by atoms with Crippen LogP contribution in [0, 0.1) is 5.82 Å². The van der Waals surface area contributed by atoms with Crippen LogP contribution in [0.4, 0.5) is 10.1 Å². The fourth-order valence-corrected chi connectivity index (χ4v) is 3.01. The number of carbonyl (C=O) groups is 3. The van der Waals surface area contributed by atoms with Crippen LogP contribution in [0.1, 0.15) is 19.4 Å². The SMILES string of the molecule is CCN(CC(=O)NCc1ccc(F)cc1)C(=O)C1=NC(C)C(=O)N(c2ccccc2)N1. The van der Waals surface area contributed by atoms with Crippen LogP contribution in [0.25, 0.3) is 0 Å². The standard InChI is InChI=1S/C22H24FN5O3/c1-3-27(14-19(29)24-13-16-9-11-17(23)12-10-16)22(31)20-25-15(2)21(30)28(26-20)18-7-5-4-6-8-18/h4-12,15H,3,13-14H2,1-2H3,(H,24,29)(H,25,26). The number of nitrogens with zero attached hydrogens (tertiary/aromatic N) is 3. The van der Waals surface area contributed by atoms with Gasteiger partial charge in [-0.05, 0) is 43.7 Å². The minimum Gasteiger partial charge on any atom is -0.350 e. The molecule has 3 amide bonds. The van der Waals surface area contributed by atoms with Crippen molar-refractivity contribution in [2.24, 2.45) is 4.99 Å². The molecule has 0 spiro atoms. The van der Waals surface area contributed by atoms with Gasteiger partial charge in [-0.1, -0.05) is 30.3 Å². The van der Waals surface area contributed by atoms with Gasteiger partial charge >= 0.3 is 0 Å². The zero-order valence-electron chi connectivity index (χ0n) is 17.3. The lowest BCUT2D eigenvalue weighted by Gasteiger charge is -2.32. The first-order valence-electron chi connectivity index (χ1n) is 9.93. The van der Waals surface area contributed by atoms with Gasteiger partial charge in [0.1, 0.15) is 11.9 Å². The van der Waals surface area contributed by atoms with Gasteiger partial charge < -0.3 is 10.2 Å². The molecule has 2 N–H and O–H groups in total. The van der Waals surface area contributed by atoms with Crippen molar-refractivity contribution in [3.63, 3.8) is 0 Å². The number of nitrogens with one attached hydrogen (secondary N) is 2. The van der Waals surface area contributed by atoms with Gasteiger partial charge in [0, 0.05) is 13.1 Å². The van der Waals surface area contributed by atoms with Crippen molar-refractivity contribution >= 4 is 29.2 Å². The molecule has 1 aliphatic heterocycles. The fraction of sp³-hybridized carbons (Fsp3) is 0.273. The van der Waals surface area contributed by atoms with Gasteiger partial charge in [0.2, 0.25) is 11.7 Å². The van der Waals surface area contributed by atoms with E-state index in [2.05, 4.69) is 15.7 Å². The average molecular weight is 425 g/mol. The van der Waals surface area contributed by atoms with Crippen molar-refractivity contribution in [2.45, 2.75) is 26.4 Å². The number of rotatable bonds is 7. The van der Waals surface area contributed by atoms with Gasteiger partial charge in [-0.2, -0.15) is 0 Å². The molecule has 0 fully saturated rings. The van der Waals surface area contributed by atoms with Crippen LogP contribution in [0.3, 0.4) is 0 Å². The van der Waals surface area contributed by atoms with E-state index in [1.165, 1.54) is 22.0 Å². The lowest BCUT2D eigenvalue weighted by Crippen LogP contribution is -2.59. The third kappa shape index (κ3) is 5.44. The van der Waals surface area contributed by atoms with E-state index in [4.69, 9.17) is 0 Å². The topological polar surface area (TPSA) is 94.1 Å². The number of halogens is 1. The summed E-state index contributed by atoms with van der Waals surface area (Å²) in [6.45, 7) is 3.68. The Labute approximate surface area is 179 Å². The lowest BCUT2D eigenvalue weighted by molar-refractivity contribution is -0.131. The summed E-state index contributed by atoms with van der Waals surface area (Å²) in [6.07, 6.45) is 0. The molecule has 0 aromatic heterocycles. The lowest BCUT2D eigenvalue weighted by atomic mass is 10.2. The number of likely N-dealkylation sites (N-methyl/N-ethyl adjacent to an activating group) is 1. The molecule has 0 aliphatic carbocycles. The Morgan fingerprint density at radius 3 is 2.48 bits per heavy atom. The number of amidine groups is 1. The van der Waals surface area contributed by atoms with E-state index >= 15 is 0 Å². The second kappa shape index (κ2) is 9.84. The number of anilines is 1. The number of hydrogen-bond donors (Lipinski definition) is 2. The van der Waals surface area contributed by atoms with E-state index in [0.29, 0.717) is 5.69 Å². The molecule has 8 nitrogen and oxygen atoms in total. The molecule has 0 radical (unpaired) electrons. The third-order valence-electron chi connectivity index (χ3n) is 4.74. The Balaban J connectivity index is 1.64. The number of aliphatic imine (C=N–C) groups is 1. The Hall–Kier alpha value is -3.75. The van der Waals surface area contributed by atoms with Gasteiger partial charge in [0.15, 0.2) is 0 Å². The quantitative estimate of drug-likeness (QED) is 0.705. The predicted molar refractivity (Wildman–Crippen MR) is 114 cm³/mol. The molecule has 1 unspecified atom stereocenters. The van der Waals surface area contributed by atoms with E-state index in [-0.39, 0.29) is 43.1 Å². The molecule has 31 heavy (non-hydrogen) atoms. The predicted octanol–water partition coefficient (Wildman–Crippen LogP) is 1.63. The van der Waals surface area contributed by atoms with Crippen LogP contribution in [0.15, 0.2) is 59.6 Å². The van der Waals surface area contributed by atoms with Gasteiger partial charge in [0.05, 0.1) is 12.2 Å². The zero-order chi connectivity index (χ0) is 22.4. The molecule has 2 aromatic carbocycles. The van der Waals surface area contributed by atoms with E-state index in [9.17, 15) is 18.8 Å². The van der Waals surface area contributed by atoms with Crippen LogP contribution in [-0.4, -0.2) is 47.6 Å². The third-order valence-corrected chi connectivity index (χ3v) is 4.74. The summed E-state index contributed by atoms with van der Waals surface area (Å²) in [5, 5.41) is 4.00. The normalized spacial score (nSPS) is 15.7. The van der Waals surface area contributed by atoms with Crippen LogP contribution in [0.5, 0.6) is 0 Å². The fourth-order valence-electron chi connectivity index (χ4n) is 3.01. The highest BCUT2D eigenvalue weighted by atomic mass is 19.1. The maximum Gasteiger partial charge on any atom is 0.291 e. The van der Waals surface area contributed by atoms with Crippen molar-refractivity contribution in [3.8, 4) is 0 Å².